The molecule has 1 aromatic carbocycles. The van der Waals surface area contributed by atoms with Crippen LogP contribution in [0.25, 0.3) is 11.3 Å². The predicted octanol–water partition coefficient (Wildman–Crippen LogP) is 4.00. The molecule has 9 nitrogen and oxygen atoms in total. The molecule has 1 aromatic heterocycles. The molecule has 0 unspecified atom stereocenters. The van der Waals surface area contributed by atoms with E-state index in [1.54, 1.807) is 11.0 Å². The van der Waals surface area contributed by atoms with Gasteiger partial charge in [0.15, 0.2) is 0 Å². The number of carbonyl (C=O) groups excluding carboxylic acids is 1. The molecule has 2 heterocycles. The van der Waals surface area contributed by atoms with E-state index in [0.717, 1.165) is 12.1 Å². The molecule has 10 heteroatoms. The Kier molecular flexibility index (Phi) is 6.14. The quantitative estimate of drug-likeness (QED) is 0.591. The fourth-order valence-corrected chi connectivity index (χ4v) is 3.20. The number of nitro benzene ring substituents is 1. The first-order chi connectivity index (χ1) is 14.1. The molecule has 2 aromatic rings. The number of benzene rings is 1. The average Bonchev–Trinajstić information content (AvgIpc) is 2.67. The summed E-state index contributed by atoms with van der Waals surface area (Å²) < 4.78 is 18.8. The van der Waals surface area contributed by atoms with Crippen molar-refractivity contribution in [1.82, 2.24) is 14.9 Å². The topological polar surface area (TPSA) is 110 Å². The van der Waals surface area contributed by atoms with Gasteiger partial charge in [0, 0.05) is 25.2 Å². The summed E-state index contributed by atoms with van der Waals surface area (Å²) in [5.74, 6) is -0.177. The van der Waals surface area contributed by atoms with E-state index in [2.05, 4.69) is 15.3 Å². The summed E-state index contributed by atoms with van der Waals surface area (Å²) >= 11 is 0. The van der Waals surface area contributed by atoms with Crippen LogP contribution in [0.15, 0.2) is 30.6 Å². The SMILES string of the molecule is CC(C)(C)OC(=O)N1CCC(Nc2cc(-c3ccc(F)cc3[N+](=O)[O-])ncn2)CC1. The second-order valence-electron chi connectivity index (χ2n) is 8.09. The molecule has 0 spiro atoms. The van der Waals surface area contributed by atoms with Crippen LogP contribution >= 0.6 is 0 Å². The zero-order chi connectivity index (χ0) is 21.9. The molecule has 0 atom stereocenters. The lowest BCUT2D eigenvalue weighted by Gasteiger charge is -2.33. The van der Waals surface area contributed by atoms with Crippen LogP contribution in [-0.2, 0) is 4.74 Å². The number of anilines is 1. The van der Waals surface area contributed by atoms with Gasteiger partial charge in [-0.15, -0.1) is 0 Å². The molecule has 1 saturated heterocycles. The van der Waals surface area contributed by atoms with Crippen LogP contribution in [0.2, 0.25) is 0 Å². The Morgan fingerprint density at radius 1 is 1.27 bits per heavy atom. The zero-order valence-electron chi connectivity index (χ0n) is 17.1. The number of carbonyl (C=O) groups is 1. The summed E-state index contributed by atoms with van der Waals surface area (Å²) in [6, 6.07) is 5.04. The van der Waals surface area contributed by atoms with Crippen molar-refractivity contribution in [3.05, 3.63) is 46.5 Å². The van der Waals surface area contributed by atoms with Crippen molar-refractivity contribution in [1.29, 1.82) is 0 Å². The third-order valence-corrected chi connectivity index (χ3v) is 4.60. The lowest BCUT2D eigenvalue weighted by molar-refractivity contribution is -0.384. The summed E-state index contributed by atoms with van der Waals surface area (Å²) in [6.07, 6.45) is 2.39. The van der Waals surface area contributed by atoms with Gasteiger partial charge in [-0.25, -0.2) is 19.2 Å². The number of aromatic nitrogens is 2. The molecule has 0 radical (unpaired) electrons. The highest BCUT2D eigenvalue weighted by Gasteiger charge is 2.27. The van der Waals surface area contributed by atoms with E-state index in [1.807, 2.05) is 20.8 Å². The van der Waals surface area contributed by atoms with E-state index >= 15 is 0 Å². The van der Waals surface area contributed by atoms with Gasteiger partial charge in [-0.2, -0.15) is 0 Å². The van der Waals surface area contributed by atoms with Crippen molar-refractivity contribution >= 4 is 17.6 Å². The monoisotopic (exact) mass is 417 g/mol. The van der Waals surface area contributed by atoms with Gasteiger partial charge in [0.05, 0.1) is 22.2 Å². The van der Waals surface area contributed by atoms with Gasteiger partial charge >= 0.3 is 6.09 Å². The lowest BCUT2D eigenvalue weighted by Crippen LogP contribution is -2.44. The number of piperidine rings is 1. The van der Waals surface area contributed by atoms with Gasteiger partial charge in [-0.1, -0.05) is 0 Å². The van der Waals surface area contributed by atoms with Crippen molar-refractivity contribution in [2.24, 2.45) is 0 Å². The third-order valence-electron chi connectivity index (χ3n) is 4.60. The van der Waals surface area contributed by atoms with Crippen molar-refractivity contribution in [2.75, 3.05) is 18.4 Å². The second kappa shape index (κ2) is 8.60. The van der Waals surface area contributed by atoms with Crippen LogP contribution in [0, 0.1) is 15.9 Å². The van der Waals surface area contributed by atoms with Crippen molar-refractivity contribution in [2.45, 2.75) is 45.3 Å². The van der Waals surface area contributed by atoms with Crippen molar-refractivity contribution in [3.8, 4) is 11.3 Å². The third kappa shape index (κ3) is 5.40. The van der Waals surface area contributed by atoms with Gasteiger partial charge < -0.3 is 15.0 Å². The van der Waals surface area contributed by atoms with E-state index in [9.17, 15) is 19.3 Å². The number of ether oxygens (including phenoxy) is 1. The zero-order valence-corrected chi connectivity index (χ0v) is 17.1. The maximum Gasteiger partial charge on any atom is 0.410 e. The average molecular weight is 417 g/mol. The first-order valence-electron chi connectivity index (χ1n) is 9.63. The Morgan fingerprint density at radius 3 is 2.60 bits per heavy atom. The van der Waals surface area contributed by atoms with Crippen LogP contribution in [0.3, 0.4) is 0 Å². The Bertz CT molecular complexity index is 939. The van der Waals surface area contributed by atoms with E-state index in [1.165, 1.54) is 12.4 Å². The summed E-state index contributed by atoms with van der Waals surface area (Å²) in [4.78, 5) is 32.7. The molecular weight excluding hydrogens is 393 g/mol. The normalized spacial score (nSPS) is 15.0. The molecule has 0 bridgehead atoms. The number of likely N-dealkylation sites (tertiary alicyclic amines) is 1. The van der Waals surface area contributed by atoms with Gasteiger partial charge in [0.1, 0.15) is 23.6 Å². The summed E-state index contributed by atoms with van der Waals surface area (Å²) in [6.45, 7) is 6.59. The summed E-state index contributed by atoms with van der Waals surface area (Å²) in [5, 5.41) is 14.5. The Labute approximate surface area is 173 Å². The molecule has 1 N–H and O–H groups in total. The number of nitrogens with zero attached hydrogens (tertiary/aromatic N) is 4. The Morgan fingerprint density at radius 2 is 1.97 bits per heavy atom. The number of halogens is 1. The second-order valence-corrected chi connectivity index (χ2v) is 8.09. The highest BCUT2D eigenvalue weighted by Crippen LogP contribution is 2.30. The molecule has 1 aliphatic rings. The molecule has 30 heavy (non-hydrogen) atoms. The number of hydrogen-bond acceptors (Lipinski definition) is 7. The van der Waals surface area contributed by atoms with Crippen LogP contribution in [-0.4, -0.2) is 50.6 Å². The van der Waals surface area contributed by atoms with E-state index in [0.29, 0.717) is 37.4 Å². The molecule has 0 aliphatic carbocycles. The first-order valence-corrected chi connectivity index (χ1v) is 9.63. The van der Waals surface area contributed by atoms with Crippen LogP contribution in [0.1, 0.15) is 33.6 Å². The fraction of sp³-hybridized carbons (Fsp3) is 0.450. The molecule has 160 valence electrons. The van der Waals surface area contributed by atoms with E-state index in [-0.39, 0.29) is 23.4 Å². The minimum atomic E-state index is -0.686. The summed E-state index contributed by atoms with van der Waals surface area (Å²) in [5.41, 5.74) is -0.353. The molecule has 1 amide bonds. The van der Waals surface area contributed by atoms with E-state index < -0.39 is 16.3 Å². The molecule has 3 rings (SSSR count). The number of hydrogen-bond donors (Lipinski definition) is 1. The summed E-state index contributed by atoms with van der Waals surface area (Å²) in [7, 11) is 0. The van der Waals surface area contributed by atoms with Crippen LogP contribution < -0.4 is 5.32 Å². The van der Waals surface area contributed by atoms with E-state index in [4.69, 9.17) is 4.74 Å². The number of nitrogens with one attached hydrogen (secondary N) is 1. The highest BCUT2D eigenvalue weighted by molar-refractivity contribution is 5.72. The predicted molar refractivity (Wildman–Crippen MR) is 109 cm³/mol. The maximum absolute atomic E-state index is 13.4. The van der Waals surface area contributed by atoms with Crippen molar-refractivity contribution in [3.63, 3.8) is 0 Å². The highest BCUT2D eigenvalue weighted by atomic mass is 19.1. The van der Waals surface area contributed by atoms with Crippen LogP contribution in [0.5, 0.6) is 0 Å². The standard InChI is InChI=1S/C20H24FN5O4/c1-20(2,3)30-19(27)25-8-6-14(7-9-25)24-18-11-16(22-12-23-18)15-5-4-13(21)10-17(15)26(28)29/h4-5,10-12,14H,6-9H2,1-3H3,(H,22,23,24). The number of nitro groups is 1. The molecule has 1 aliphatic heterocycles. The van der Waals surface area contributed by atoms with Crippen molar-refractivity contribution < 1.29 is 18.8 Å². The largest absolute Gasteiger partial charge is 0.444 e. The lowest BCUT2D eigenvalue weighted by atomic mass is 10.1. The molecule has 1 fully saturated rings. The van der Waals surface area contributed by atoms with Crippen LogP contribution in [0.4, 0.5) is 20.7 Å². The Hall–Kier alpha value is -3.30. The minimum Gasteiger partial charge on any atom is -0.444 e. The number of rotatable bonds is 4. The fourth-order valence-electron chi connectivity index (χ4n) is 3.20. The molecular formula is C20H24FN5O4. The molecule has 0 saturated carbocycles. The van der Waals surface area contributed by atoms with Gasteiger partial charge in [0.25, 0.3) is 5.69 Å². The smallest absolute Gasteiger partial charge is 0.410 e. The first kappa shape index (κ1) is 21.4. The van der Waals surface area contributed by atoms with Gasteiger partial charge in [-0.05, 0) is 45.7 Å². The van der Waals surface area contributed by atoms with Gasteiger partial charge in [0.2, 0.25) is 0 Å². The minimum absolute atomic E-state index is 0.0784. The number of amides is 1. The van der Waals surface area contributed by atoms with Gasteiger partial charge in [-0.3, -0.25) is 10.1 Å². The maximum atomic E-state index is 13.4. The Balaban J connectivity index is 1.66.